The molecule has 1 aromatic carbocycles. The lowest BCUT2D eigenvalue weighted by Gasteiger charge is -2.10. The Bertz CT molecular complexity index is 558. The molecule has 0 atom stereocenters. The fourth-order valence-electron chi connectivity index (χ4n) is 1.91. The molecule has 0 spiro atoms. The van der Waals surface area contributed by atoms with Gasteiger partial charge in [0.25, 0.3) is 0 Å². The Morgan fingerprint density at radius 1 is 1.26 bits per heavy atom. The van der Waals surface area contributed by atoms with Crippen molar-refractivity contribution in [3.8, 4) is 16.9 Å². The summed E-state index contributed by atoms with van der Waals surface area (Å²) in [5.74, 6) is 0.798. The van der Waals surface area contributed by atoms with Crippen LogP contribution in [0, 0.1) is 0 Å². The average molecular weight is 277 g/mol. The molecule has 2 rings (SSSR count). The SMILES string of the molecule is CCNCc1cncc(-c2cc(Cl)ccc2OC)c1. The van der Waals surface area contributed by atoms with E-state index in [9.17, 15) is 0 Å². The number of halogens is 1. The second kappa shape index (κ2) is 6.55. The third-order valence-corrected chi connectivity index (χ3v) is 3.08. The predicted octanol–water partition coefficient (Wildman–Crippen LogP) is 3.52. The minimum Gasteiger partial charge on any atom is -0.496 e. The van der Waals surface area contributed by atoms with E-state index in [0.717, 1.165) is 35.5 Å². The van der Waals surface area contributed by atoms with Crippen molar-refractivity contribution in [3.63, 3.8) is 0 Å². The highest BCUT2D eigenvalue weighted by molar-refractivity contribution is 6.31. The van der Waals surface area contributed by atoms with Crippen molar-refractivity contribution in [3.05, 3.63) is 47.2 Å². The van der Waals surface area contributed by atoms with Gasteiger partial charge < -0.3 is 10.1 Å². The highest BCUT2D eigenvalue weighted by Gasteiger charge is 2.07. The smallest absolute Gasteiger partial charge is 0.126 e. The predicted molar refractivity (Wildman–Crippen MR) is 78.6 cm³/mol. The third-order valence-electron chi connectivity index (χ3n) is 2.85. The maximum atomic E-state index is 6.06. The summed E-state index contributed by atoms with van der Waals surface area (Å²) in [7, 11) is 1.66. The van der Waals surface area contributed by atoms with Crippen LogP contribution in [0.5, 0.6) is 5.75 Å². The topological polar surface area (TPSA) is 34.2 Å². The summed E-state index contributed by atoms with van der Waals surface area (Å²) in [6.45, 7) is 3.82. The van der Waals surface area contributed by atoms with Gasteiger partial charge in [-0.3, -0.25) is 4.98 Å². The number of hydrogen-bond donors (Lipinski definition) is 1. The van der Waals surface area contributed by atoms with Crippen LogP contribution in [0.2, 0.25) is 5.02 Å². The van der Waals surface area contributed by atoms with Gasteiger partial charge in [0.2, 0.25) is 0 Å². The molecule has 2 aromatic rings. The molecule has 3 nitrogen and oxygen atoms in total. The fraction of sp³-hybridized carbons (Fsp3) is 0.267. The molecule has 0 radical (unpaired) electrons. The number of benzene rings is 1. The van der Waals surface area contributed by atoms with E-state index in [1.807, 2.05) is 30.6 Å². The Labute approximate surface area is 118 Å². The minimum absolute atomic E-state index is 0.688. The number of methoxy groups -OCH3 is 1. The molecule has 0 fully saturated rings. The summed E-state index contributed by atoms with van der Waals surface area (Å²) < 4.78 is 5.37. The minimum atomic E-state index is 0.688. The molecule has 0 unspecified atom stereocenters. The zero-order valence-electron chi connectivity index (χ0n) is 11.1. The molecule has 4 heteroatoms. The van der Waals surface area contributed by atoms with Crippen molar-refractivity contribution < 1.29 is 4.74 Å². The first-order valence-electron chi connectivity index (χ1n) is 6.23. The van der Waals surface area contributed by atoms with Crippen LogP contribution in [-0.4, -0.2) is 18.6 Å². The van der Waals surface area contributed by atoms with Gasteiger partial charge >= 0.3 is 0 Å². The van der Waals surface area contributed by atoms with Gasteiger partial charge in [0, 0.05) is 35.1 Å². The van der Waals surface area contributed by atoms with E-state index in [2.05, 4.69) is 23.3 Å². The summed E-state index contributed by atoms with van der Waals surface area (Å²) in [6, 6.07) is 7.69. The standard InChI is InChI=1S/C15H17ClN2O/c1-3-17-8-11-6-12(10-18-9-11)14-7-13(16)4-5-15(14)19-2/h4-7,9-10,17H,3,8H2,1-2H3. The van der Waals surface area contributed by atoms with E-state index >= 15 is 0 Å². The van der Waals surface area contributed by atoms with Crippen molar-refractivity contribution in [2.24, 2.45) is 0 Å². The molecule has 0 saturated carbocycles. The molecule has 19 heavy (non-hydrogen) atoms. The van der Waals surface area contributed by atoms with E-state index in [4.69, 9.17) is 16.3 Å². The Hall–Kier alpha value is -1.58. The monoisotopic (exact) mass is 276 g/mol. The van der Waals surface area contributed by atoms with Crippen LogP contribution < -0.4 is 10.1 Å². The van der Waals surface area contributed by atoms with Gasteiger partial charge in [0.1, 0.15) is 5.75 Å². The molecular formula is C15H17ClN2O. The number of pyridine rings is 1. The summed E-state index contributed by atoms with van der Waals surface area (Å²) in [4.78, 5) is 4.28. The second-order valence-electron chi connectivity index (χ2n) is 4.21. The Morgan fingerprint density at radius 2 is 2.11 bits per heavy atom. The van der Waals surface area contributed by atoms with Crippen LogP contribution in [0.15, 0.2) is 36.7 Å². The summed E-state index contributed by atoms with van der Waals surface area (Å²) in [6.07, 6.45) is 3.69. The van der Waals surface area contributed by atoms with Crippen LogP contribution in [0.3, 0.4) is 0 Å². The van der Waals surface area contributed by atoms with Gasteiger partial charge in [0.15, 0.2) is 0 Å². The number of rotatable bonds is 5. The van der Waals surface area contributed by atoms with Gasteiger partial charge in [-0.15, -0.1) is 0 Å². The molecule has 0 aliphatic carbocycles. The van der Waals surface area contributed by atoms with Crippen LogP contribution in [-0.2, 0) is 6.54 Å². The fourth-order valence-corrected chi connectivity index (χ4v) is 2.08. The summed E-state index contributed by atoms with van der Waals surface area (Å²) >= 11 is 6.06. The van der Waals surface area contributed by atoms with Crippen LogP contribution >= 0.6 is 11.6 Å². The molecule has 0 saturated heterocycles. The highest BCUT2D eigenvalue weighted by atomic mass is 35.5. The van der Waals surface area contributed by atoms with E-state index in [-0.39, 0.29) is 0 Å². The lowest BCUT2D eigenvalue weighted by Crippen LogP contribution is -2.11. The van der Waals surface area contributed by atoms with Gasteiger partial charge in [0.05, 0.1) is 7.11 Å². The van der Waals surface area contributed by atoms with Crippen LogP contribution in [0.4, 0.5) is 0 Å². The van der Waals surface area contributed by atoms with Gasteiger partial charge in [-0.05, 0) is 36.4 Å². The van der Waals surface area contributed by atoms with E-state index in [1.54, 1.807) is 7.11 Å². The quantitative estimate of drug-likeness (QED) is 0.907. The van der Waals surface area contributed by atoms with Crippen molar-refractivity contribution in [1.82, 2.24) is 10.3 Å². The van der Waals surface area contributed by atoms with Gasteiger partial charge in [-0.25, -0.2) is 0 Å². The summed E-state index contributed by atoms with van der Waals surface area (Å²) in [5.41, 5.74) is 3.11. The zero-order valence-corrected chi connectivity index (χ0v) is 11.9. The number of ether oxygens (including phenoxy) is 1. The van der Waals surface area contributed by atoms with Crippen molar-refractivity contribution >= 4 is 11.6 Å². The second-order valence-corrected chi connectivity index (χ2v) is 4.64. The maximum Gasteiger partial charge on any atom is 0.126 e. The Morgan fingerprint density at radius 3 is 2.84 bits per heavy atom. The molecule has 1 N–H and O–H groups in total. The van der Waals surface area contributed by atoms with Crippen LogP contribution in [0.25, 0.3) is 11.1 Å². The first-order chi connectivity index (χ1) is 9.24. The molecule has 1 heterocycles. The van der Waals surface area contributed by atoms with Crippen molar-refractivity contribution in [2.75, 3.05) is 13.7 Å². The molecule has 100 valence electrons. The molecule has 0 aliphatic heterocycles. The normalized spacial score (nSPS) is 10.5. The molecule has 0 aliphatic rings. The van der Waals surface area contributed by atoms with Gasteiger partial charge in [-0.2, -0.15) is 0 Å². The molecule has 0 bridgehead atoms. The lowest BCUT2D eigenvalue weighted by atomic mass is 10.0. The number of nitrogens with one attached hydrogen (secondary N) is 1. The summed E-state index contributed by atoms with van der Waals surface area (Å²) in [5, 5.41) is 3.97. The molecular weight excluding hydrogens is 260 g/mol. The number of hydrogen-bond acceptors (Lipinski definition) is 3. The zero-order chi connectivity index (χ0) is 13.7. The molecule has 0 amide bonds. The maximum absolute atomic E-state index is 6.06. The average Bonchev–Trinajstić information content (AvgIpc) is 2.45. The lowest BCUT2D eigenvalue weighted by molar-refractivity contribution is 0.416. The third kappa shape index (κ3) is 3.46. The first-order valence-corrected chi connectivity index (χ1v) is 6.61. The Balaban J connectivity index is 2.38. The largest absolute Gasteiger partial charge is 0.496 e. The highest BCUT2D eigenvalue weighted by Crippen LogP contribution is 2.32. The van der Waals surface area contributed by atoms with Crippen molar-refractivity contribution in [1.29, 1.82) is 0 Å². The van der Waals surface area contributed by atoms with E-state index in [0.29, 0.717) is 5.02 Å². The molecule has 1 aromatic heterocycles. The number of aromatic nitrogens is 1. The van der Waals surface area contributed by atoms with Crippen molar-refractivity contribution in [2.45, 2.75) is 13.5 Å². The Kier molecular flexibility index (Phi) is 4.77. The number of nitrogens with zero attached hydrogens (tertiary/aromatic N) is 1. The van der Waals surface area contributed by atoms with E-state index < -0.39 is 0 Å². The van der Waals surface area contributed by atoms with E-state index in [1.165, 1.54) is 0 Å². The van der Waals surface area contributed by atoms with Crippen LogP contribution in [0.1, 0.15) is 12.5 Å². The first kappa shape index (κ1) is 13.8. The van der Waals surface area contributed by atoms with Gasteiger partial charge in [-0.1, -0.05) is 18.5 Å².